The van der Waals surface area contributed by atoms with Crippen molar-refractivity contribution in [2.24, 2.45) is 11.3 Å². The lowest BCUT2D eigenvalue weighted by Crippen LogP contribution is -2.72. The van der Waals surface area contributed by atoms with Gasteiger partial charge in [0.05, 0.1) is 0 Å². The third-order valence-corrected chi connectivity index (χ3v) is 6.22. The van der Waals surface area contributed by atoms with Gasteiger partial charge in [-0.2, -0.15) is 13.2 Å². The highest BCUT2D eigenvalue weighted by molar-refractivity contribution is 5.05. The van der Waals surface area contributed by atoms with E-state index in [1.54, 1.807) is 0 Å². The Morgan fingerprint density at radius 3 is 2.05 bits per heavy atom. The molecular formula is C16H28F3NO. The van der Waals surface area contributed by atoms with Crippen LogP contribution >= 0.6 is 0 Å². The van der Waals surface area contributed by atoms with E-state index >= 15 is 0 Å². The first-order valence-corrected chi connectivity index (χ1v) is 8.05. The summed E-state index contributed by atoms with van der Waals surface area (Å²) in [6.07, 6.45) is 1.20. The highest BCUT2D eigenvalue weighted by Crippen LogP contribution is 2.48. The fraction of sp³-hybridized carbons (Fsp3) is 1.00. The van der Waals surface area contributed by atoms with E-state index < -0.39 is 11.8 Å². The van der Waals surface area contributed by atoms with Crippen molar-refractivity contribution in [2.45, 2.75) is 70.7 Å². The Hall–Kier alpha value is -0.290. The van der Waals surface area contributed by atoms with E-state index in [1.165, 1.54) is 13.5 Å². The molecule has 0 spiro atoms. The van der Waals surface area contributed by atoms with E-state index in [4.69, 9.17) is 4.74 Å². The molecule has 2 fully saturated rings. The number of hydrogen-bond donors (Lipinski definition) is 0. The van der Waals surface area contributed by atoms with Gasteiger partial charge < -0.3 is 4.74 Å². The Balaban J connectivity index is 1.91. The fourth-order valence-electron chi connectivity index (χ4n) is 4.17. The summed E-state index contributed by atoms with van der Waals surface area (Å²) < 4.78 is 43.9. The quantitative estimate of drug-likeness (QED) is 0.770. The molecule has 0 aromatic carbocycles. The summed E-state index contributed by atoms with van der Waals surface area (Å²) in [7, 11) is 1.17. The van der Waals surface area contributed by atoms with Crippen LogP contribution in [0.25, 0.3) is 0 Å². The second-order valence-corrected chi connectivity index (χ2v) is 7.20. The lowest BCUT2D eigenvalue weighted by Gasteiger charge is -2.55. The van der Waals surface area contributed by atoms with Gasteiger partial charge in [0.1, 0.15) is 0 Å². The average Bonchev–Trinajstić information content (AvgIpc) is 2.37. The summed E-state index contributed by atoms with van der Waals surface area (Å²) in [4.78, 5) is 1.97. The minimum atomic E-state index is -4.27. The zero-order valence-corrected chi connectivity index (χ0v) is 13.6. The number of methoxy groups -OCH3 is 1. The summed E-state index contributed by atoms with van der Waals surface area (Å²) >= 11 is 0. The van der Waals surface area contributed by atoms with E-state index in [0.29, 0.717) is 17.4 Å². The molecule has 2 nitrogen and oxygen atoms in total. The smallest absolute Gasteiger partial charge is 0.366 e. The number of halogens is 3. The van der Waals surface area contributed by atoms with Crippen LogP contribution < -0.4 is 0 Å². The summed E-state index contributed by atoms with van der Waals surface area (Å²) in [6.45, 7) is 6.78. The molecule has 0 bridgehead atoms. The molecular weight excluding hydrogens is 279 g/mol. The standard InChI is InChI=1S/C16H28F3NO/c1-5-14(12(2)3)8-6-13(7-9-14)20-10-15(11-20,21-4)16(17,18)19/h12-13H,5-11H2,1-4H3/t13-,14-. The number of nitrogens with zero attached hydrogens (tertiary/aromatic N) is 1. The minimum absolute atomic E-state index is 0.00152. The van der Waals surface area contributed by atoms with Gasteiger partial charge in [-0.05, 0) is 37.0 Å². The van der Waals surface area contributed by atoms with Crippen LogP contribution in [-0.4, -0.2) is 42.9 Å². The SMILES string of the molecule is CC[C@]1(C(C)C)CC[C@H](N2CC(OC)(C(F)(F)F)C2)CC1. The molecule has 1 saturated heterocycles. The van der Waals surface area contributed by atoms with Crippen molar-refractivity contribution in [1.29, 1.82) is 0 Å². The van der Waals surface area contributed by atoms with Crippen LogP contribution in [0.1, 0.15) is 52.9 Å². The number of likely N-dealkylation sites (tertiary alicyclic amines) is 1. The third kappa shape index (κ3) is 2.83. The lowest BCUT2D eigenvalue weighted by molar-refractivity contribution is -0.316. The molecule has 0 amide bonds. The largest absolute Gasteiger partial charge is 0.419 e. The highest BCUT2D eigenvalue weighted by atomic mass is 19.4. The highest BCUT2D eigenvalue weighted by Gasteiger charge is 2.63. The molecule has 1 aliphatic carbocycles. The summed E-state index contributed by atoms with van der Waals surface area (Å²) in [5.74, 6) is 0.646. The lowest BCUT2D eigenvalue weighted by atomic mass is 9.64. The van der Waals surface area contributed by atoms with Crippen LogP contribution in [0.5, 0.6) is 0 Å². The molecule has 5 heteroatoms. The molecule has 0 aromatic heterocycles. The Bertz CT molecular complexity index is 353. The Kier molecular flexibility index (Phi) is 4.66. The van der Waals surface area contributed by atoms with Crippen molar-refractivity contribution >= 4 is 0 Å². The summed E-state index contributed by atoms with van der Waals surface area (Å²) in [5.41, 5.74) is -1.53. The number of rotatable bonds is 4. The molecule has 1 saturated carbocycles. The normalized spacial score (nSPS) is 34.0. The molecule has 0 atom stereocenters. The van der Waals surface area contributed by atoms with Gasteiger partial charge in [-0.1, -0.05) is 27.2 Å². The van der Waals surface area contributed by atoms with Crippen molar-refractivity contribution < 1.29 is 17.9 Å². The van der Waals surface area contributed by atoms with Gasteiger partial charge in [-0.15, -0.1) is 0 Å². The minimum Gasteiger partial charge on any atom is -0.366 e. The second kappa shape index (κ2) is 5.73. The fourth-order valence-corrected chi connectivity index (χ4v) is 4.17. The van der Waals surface area contributed by atoms with E-state index in [-0.39, 0.29) is 13.1 Å². The van der Waals surface area contributed by atoms with Crippen LogP contribution in [0.15, 0.2) is 0 Å². The monoisotopic (exact) mass is 307 g/mol. The van der Waals surface area contributed by atoms with E-state index in [0.717, 1.165) is 25.7 Å². The van der Waals surface area contributed by atoms with Gasteiger partial charge in [-0.25, -0.2) is 0 Å². The van der Waals surface area contributed by atoms with Gasteiger partial charge in [-0.3, -0.25) is 4.90 Å². The first kappa shape index (κ1) is 17.1. The molecule has 21 heavy (non-hydrogen) atoms. The first-order chi connectivity index (χ1) is 9.70. The van der Waals surface area contributed by atoms with Gasteiger partial charge in [0.25, 0.3) is 0 Å². The van der Waals surface area contributed by atoms with Gasteiger partial charge in [0.2, 0.25) is 0 Å². The van der Waals surface area contributed by atoms with Gasteiger partial charge in [0, 0.05) is 26.2 Å². The molecule has 0 unspecified atom stereocenters. The summed E-state index contributed by atoms with van der Waals surface area (Å²) in [6, 6.07) is 0.300. The van der Waals surface area contributed by atoms with E-state index in [2.05, 4.69) is 20.8 Å². The van der Waals surface area contributed by atoms with Crippen molar-refractivity contribution in [3.63, 3.8) is 0 Å². The Morgan fingerprint density at radius 2 is 1.71 bits per heavy atom. The molecule has 0 radical (unpaired) electrons. The van der Waals surface area contributed by atoms with Crippen LogP contribution in [0.2, 0.25) is 0 Å². The first-order valence-electron chi connectivity index (χ1n) is 8.05. The maximum Gasteiger partial charge on any atom is 0.419 e. The molecule has 1 heterocycles. The van der Waals surface area contributed by atoms with E-state index in [9.17, 15) is 13.2 Å². The Morgan fingerprint density at radius 1 is 1.19 bits per heavy atom. The van der Waals surface area contributed by atoms with Crippen molar-refractivity contribution in [3.8, 4) is 0 Å². The number of ether oxygens (including phenoxy) is 1. The maximum absolute atomic E-state index is 13.0. The average molecular weight is 307 g/mol. The summed E-state index contributed by atoms with van der Waals surface area (Å²) in [5, 5.41) is 0. The predicted molar refractivity (Wildman–Crippen MR) is 77.2 cm³/mol. The molecule has 2 aliphatic rings. The second-order valence-electron chi connectivity index (χ2n) is 7.20. The van der Waals surface area contributed by atoms with Crippen molar-refractivity contribution in [1.82, 2.24) is 4.90 Å². The molecule has 124 valence electrons. The zero-order chi connectivity index (χ0) is 15.9. The predicted octanol–water partition coefficient (Wildman–Crippen LogP) is 4.24. The van der Waals surface area contributed by atoms with Crippen molar-refractivity contribution in [3.05, 3.63) is 0 Å². The number of hydrogen-bond acceptors (Lipinski definition) is 2. The van der Waals surface area contributed by atoms with Crippen LogP contribution in [-0.2, 0) is 4.74 Å². The molecule has 1 aliphatic heterocycles. The van der Waals surface area contributed by atoms with E-state index in [1.807, 2.05) is 4.90 Å². The van der Waals surface area contributed by atoms with Crippen molar-refractivity contribution in [2.75, 3.05) is 20.2 Å². The maximum atomic E-state index is 13.0. The topological polar surface area (TPSA) is 12.5 Å². The molecule has 0 N–H and O–H groups in total. The van der Waals surface area contributed by atoms with Gasteiger partial charge >= 0.3 is 6.18 Å². The van der Waals surface area contributed by atoms with Gasteiger partial charge in [0.15, 0.2) is 5.60 Å². The van der Waals surface area contributed by atoms with Crippen LogP contribution in [0, 0.1) is 11.3 Å². The molecule has 0 aromatic rings. The zero-order valence-electron chi connectivity index (χ0n) is 13.6. The molecule has 2 rings (SSSR count). The third-order valence-electron chi connectivity index (χ3n) is 6.22. The number of alkyl halides is 3. The Labute approximate surface area is 126 Å². The van der Waals surface area contributed by atoms with Crippen LogP contribution in [0.4, 0.5) is 13.2 Å². The van der Waals surface area contributed by atoms with Crippen LogP contribution in [0.3, 0.4) is 0 Å².